The van der Waals surface area contributed by atoms with E-state index in [-0.39, 0.29) is 6.04 Å². The van der Waals surface area contributed by atoms with Crippen molar-refractivity contribution >= 4 is 5.97 Å². The van der Waals surface area contributed by atoms with Crippen molar-refractivity contribution in [3.8, 4) is 0 Å². The normalized spacial score (nSPS) is 35.7. The molecule has 1 N–H and O–H groups in total. The van der Waals surface area contributed by atoms with Crippen molar-refractivity contribution in [3.63, 3.8) is 0 Å². The number of rotatable bonds is 3. The number of hydrogen-bond acceptors (Lipinski definition) is 2. The van der Waals surface area contributed by atoms with E-state index < -0.39 is 5.97 Å². The van der Waals surface area contributed by atoms with Crippen LogP contribution in [0.4, 0.5) is 0 Å². The largest absolute Gasteiger partial charge is 0.480 e. The summed E-state index contributed by atoms with van der Waals surface area (Å²) in [4.78, 5) is 13.7. The second kappa shape index (κ2) is 5.85. The van der Waals surface area contributed by atoms with Gasteiger partial charge in [-0.3, -0.25) is 9.69 Å². The molecule has 2 aliphatic rings. The van der Waals surface area contributed by atoms with Crippen LogP contribution in [0, 0.1) is 5.92 Å². The van der Waals surface area contributed by atoms with Gasteiger partial charge in [-0.2, -0.15) is 0 Å². The highest BCUT2D eigenvalue weighted by Crippen LogP contribution is 2.34. The van der Waals surface area contributed by atoms with E-state index in [0.29, 0.717) is 6.04 Å². The third kappa shape index (κ3) is 2.82. The van der Waals surface area contributed by atoms with Crippen molar-refractivity contribution in [2.45, 2.75) is 70.4 Å². The van der Waals surface area contributed by atoms with Gasteiger partial charge in [-0.1, -0.05) is 32.6 Å². The Morgan fingerprint density at radius 2 is 1.88 bits per heavy atom. The van der Waals surface area contributed by atoms with Crippen LogP contribution < -0.4 is 0 Å². The van der Waals surface area contributed by atoms with Crippen LogP contribution in [0.2, 0.25) is 0 Å². The van der Waals surface area contributed by atoms with Gasteiger partial charge in [0.2, 0.25) is 0 Å². The quantitative estimate of drug-likeness (QED) is 0.823. The monoisotopic (exact) mass is 239 g/mol. The molecule has 1 heterocycles. The zero-order valence-electron chi connectivity index (χ0n) is 10.9. The molecule has 17 heavy (non-hydrogen) atoms. The molecule has 0 aromatic heterocycles. The third-order valence-corrected chi connectivity index (χ3v) is 4.65. The van der Waals surface area contributed by atoms with Crippen molar-refractivity contribution in [1.29, 1.82) is 0 Å². The van der Waals surface area contributed by atoms with Gasteiger partial charge in [-0.25, -0.2) is 0 Å². The van der Waals surface area contributed by atoms with E-state index >= 15 is 0 Å². The number of carboxylic acid groups (broad SMARTS) is 1. The summed E-state index contributed by atoms with van der Waals surface area (Å²) < 4.78 is 0. The summed E-state index contributed by atoms with van der Waals surface area (Å²) in [6.07, 6.45) is 9.43. The van der Waals surface area contributed by atoms with Crippen LogP contribution in [0.15, 0.2) is 0 Å². The fourth-order valence-electron chi connectivity index (χ4n) is 3.72. The number of piperidine rings is 1. The van der Waals surface area contributed by atoms with E-state index in [1.54, 1.807) is 0 Å². The third-order valence-electron chi connectivity index (χ3n) is 4.65. The summed E-state index contributed by atoms with van der Waals surface area (Å²) in [6, 6.07) is 0.330. The summed E-state index contributed by atoms with van der Waals surface area (Å²) in [5.74, 6) is 0.119. The number of carbonyl (C=O) groups is 1. The average molecular weight is 239 g/mol. The van der Waals surface area contributed by atoms with E-state index in [1.807, 2.05) is 0 Å². The van der Waals surface area contributed by atoms with Gasteiger partial charge in [0.25, 0.3) is 0 Å². The van der Waals surface area contributed by atoms with Crippen LogP contribution >= 0.6 is 0 Å². The summed E-state index contributed by atoms with van der Waals surface area (Å²) >= 11 is 0. The fourth-order valence-corrected chi connectivity index (χ4v) is 3.72. The van der Waals surface area contributed by atoms with Crippen LogP contribution in [-0.4, -0.2) is 34.6 Å². The van der Waals surface area contributed by atoms with Crippen LogP contribution in [0.3, 0.4) is 0 Å². The summed E-state index contributed by atoms with van der Waals surface area (Å²) in [5, 5.41) is 9.36. The summed E-state index contributed by atoms with van der Waals surface area (Å²) in [5.41, 5.74) is 0. The lowest BCUT2D eigenvalue weighted by molar-refractivity contribution is -0.147. The Hall–Kier alpha value is -0.570. The first-order chi connectivity index (χ1) is 8.24. The minimum absolute atomic E-state index is 0.208. The first-order valence-electron chi connectivity index (χ1n) is 7.22. The number of nitrogens with zero attached hydrogens (tertiary/aromatic N) is 1. The lowest BCUT2D eigenvalue weighted by Crippen LogP contribution is -2.53. The molecule has 3 unspecified atom stereocenters. The maximum Gasteiger partial charge on any atom is 0.320 e. The van der Waals surface area contributed by atoms with Crippen LogP contribution in [0.25, 0.3) is 0 Å². The molecule has 2 fully saturated rings. The second-order valence-electron chi connectivity index (χ2n) is 5.61. The smallest absolute Gasteiger partial charge is 0.320 e. The van der Waals surface area contributed by atoms with Crippen LogP contribution in [0.5, 0.6) is 0 Å². The Balaban J connectivity index is 2.08. The Morgan fingerprint density at radius 1 is 1.18 bits per heavy atom. The molecule has 0 spiro atoms. The number of hydrogen-bond donors (Lipinski definition) is 1. The van der Waals surface area contributed by atoms with Crippen molar-refractivity contribution in [2.75, 3.05) is 6.54 Å². The minimum Gasteiger partial charge on any atom is -0.480 e. The zero-order chi connectivity index (χ0) is 12.3. The lowest BCUT2D eigenvalue weighted by Gasteiger charge is -2.44. The standard InChI is InChI=1S/C14H25NO2/c1-2-11-7-3-4-8-12(11)15-10-6-5-9-13(15)14(16)17/h11-13H,2-10H2,1H3,(H,16,17). The molecule has 0 aromatic carbocycles. The molecule has 0 bridgehead atoms. The molecule has 1 aliphatic heterocycles. The number of carboxylic acids is 1. The molecule has 3 heteroatoms. The molecule has 0 amide bonds. The molecular formula is C14H25NO2. The SMILES string of the molecule is CCC1CCCCC1N1CCCCC1C(=O)O. The number of likely N-dealkylation sites (tertiary alicyclic amines) is 1. The predicted octanol–water partition coefficient (Wildman–Crippen LogP) is 2.89. The lowest BCUT2D eigenvalue weighted by atomic mass is 9.80. The summed E-state index contributed by atoms with van der Waals surface area (Å²) in [7, 11) is 0. The minimum atomic E-state index is -0.606. The molecule has 2 rings (SSSR count). The van der Waals surface area contributed by atoms with Crippen molar-refractivity contribution in [3.05, 3.63) is 0 Å². The van der Waals surface area contributed by atoms with Gasteiger partial charge in [-0.05, 0) is 38.1 Å². The predicted molar refractivity (Wildman–Crippen MR) is 68.0 cm³/mol. The van der Waals surface area contributed by atoms with Gasteiger partial charge < -0.3 is 5.11 Å². The molecule has 98 valence electrons. The summed E-state index contributed by atoms with van der Waals surface area (Å²) in [6.45, 7) is 3.25. The topological polar surface area (TPSA) is 40.5 Å². The zero-order valence-corrected chi connectivity index (χ0v) is 10.9. The molecule has 0 aromatic rings. The molecule has 0 radical (unpaired) electrons. The van der Waals surface area contributed by atoms with Gasteiger partial charge in [0.05, 0.1) is 0 Å². The van der Waals surface area contributed by atoms with E-state index in [4.69, 9.17) is 0 Å². The molecule has 1 saturated heterocycles. The van der Waals surface area contributed by atoms with Gasteiger partial charge in [0, 0.05) is 6.04 Å². The Morgan fingerprint density at radius 3 is 2.59 bits per heavy atom. The second-order valence-corrected chi connectivity index (χ2v) is 5.61. The highest BCUT2D eigenvalue weighted by molar-refractivity contribution is 5.73. The first kappa shape index (κ1) is 12.9. The number of aliphatic carboxylic acids is 1. The van der Waals surface area contributed by atoms with E-state index in [0.717, 1.165) is 25.3 Å². The van der Waals surface area contributed by atoms with Crippen molar-refractivity contribution in [1.82, 2.24) is 4.90 Å². The van der Waals surface area contributed by atoms with Crippen LogP contribution in [-0.2, 0) is 4.79 Å². The van der Waals surface area contributed by atoms with E-state index in [9.17, 15) is 9.90 Å². The highest BCUT2D eigenvalue weighted by atomic mass is 16.4. The Kier molecular flexibility index (Phi) is 4.43. The Labute approximate surface area is 104 Å². The van der Waals surface area contributed by atoms with Gasteiger partial charge in [-0.15, -0.1) is 0 Å². The van der Waals surface area contributed by atoms with Gasteiger partial charge in [0.15, 0.2) is 0 Å². The fraction of sp³-hybridized carbons (Fsp3) is 0.929. The van der Waals surface area contributed by atoms with Gasteiger partial charge >= 0.3 is 5.97 Å². The van der Waals surface area contributed by atoms with E-state index in [2.05, 4.69) is 11.8 Å². The highest BCUT2D eigenvalue weighted by Gasteiger charge is 2.37. The molecule has 3 atom stereocenters. The molecule has 1 aliphatic carbocycles. The average Bonchev–Trinajstić information content (AvgIpc) is 2.38. The van der Waals surface area contributed by atoms with Crippen molar-refractivity contribution < 1.29 is 9.90 Å². The first-order valence-corrected chi connectivity index (χ1v) is 7.22. The van der Waals surface area contributed by atoms with E-state index in [1.165, 1.54) is 38.5 Å². The Bertz CT molecular complexity index is 267. The molecule has 3 nitrogen and oxygen atoms in total. The van der Waals surface area contributed by atoms with Gasteiger partial charge in [0.1, 0.15) is 6.04 Å². The molecule has 1 saturated carbocycles. The van der Waals surface area contributed by atoms with Crippen molar-refractivity contribution in [2.24, 2.45) is 5.92 Å². The molecular weight excluding hydrogens is 214 g/mol. The maximum absolute atomic E-state index is 11.4. The van der Waals surface area contributed by atoms with Crippen LogP contribution in [0.1, 0.15) is 58.3 Å². The maximum atomic E-state index is 11.4.